The summed E-state index contributed by atoms with van der Waals surface area (Å²) >= 11 is 0. The molecule has 0 saturated heterocycles. The highest BCUT2D eigenvalue weighted by atomic mass is 35.5. The third kappa shape index (κ3) is 3.37. The maximum atomic E-state index is 5.36. The molecule has 0 aromatic heterocycles. The SMILES string of the molecule is COc1cccc(C(C)N2CCNCc3ccccc32)c1.Cl. The Morgan fingerprint density at radius 2 is 1.95 bits per heavy atom. The van der Waals surface area contributed by atoms with Crippen LogP contribution in [-0.4, -0.2) is 20.2 Å². The van der Waals surface area contributed by atoms with E-state index in [1.54, 1.807) is 7.11 Å². The van der Waals surface area contributed by atoms with Gasteiger partial charge in [0, 0.05) is 25.3 Å². The monoisotopic (exact) mass is 318 g/mol. The molecule has 3 rings (SSSR count). The minimum absolute atomic E-state index is 0. The predicted molar refractivity (Wildman–Crippen MR) is 94.2 cm³/mol. The second kappa shape index (κ2) is 7.52. The van der Waals surface area contributed by atoms with Crippen LogP contribution < -0.4 is 15.0 Å². The normalized spacial score (nSPS) is 15.3. The number of hydrogen-bond acceptors (Lipinski definition) is 3. The third-order valence-corrected chi connectivity index (χ3v) is 4.19. The van der Waals surface area contributed by atoms with Gasteiger partial charge in [0.15, 0.2) is 0 Å². The maximum Gasteiger partial charge on any atom is 0.119 e. The minimum atomic E-state index is 0. The standard InChI is InChI=1S/C18H22N2O.ClH/c1-14(15-7-5-8-17(12-15)21-2)20-11-10-19-13-16-6-3-4-9-18(16)20;/h3-9,12,14,19H,10-11,13H2,1-2H3;1H. The van der Waals surface area contributed by atoms with Crippen LogP contribution in [0.1, 0.15) is 24.1 Å². The van der Waals surface area contributed by atoms with E-state index in [2.05, 4.69) is 59.6 Å². The van der Waals surface area contributed by atoms with E-state index in [-0.39, 0.29) is 12.4 Å². The number of methoxy groups -OCH3 is 1. The highest BCUT2D eigenvalue weighted by molar-refractivity contribution is 5.85. The fraction of sp³-hybridized carbons (Fsp3) is 0.333. The molecule has 0 amide bonds. The number of ether oxygens (including phenoxy) is 1. The number of rotatable bonds is 3. The van der Waals surface area contributed by atoms with Crippen LogP contribution >= 0.6 is 12.4 Å². The van der Waals surface area contributed by atoms with Crippen LogP contribution in [0.25, 0.3) is 0 Å². The van der Waals surface area contributed by atoms with E-state index in [0.29, 0.717) is 6.04 Å². The van der Waals surface area contributed by atoms with Crippen LogP contribution in [0.4, 0.5) is 5.69 Å². The van der Waals surface area contributed by atoms with E-state index >= 15 is 0 Å². The lowest BCUT2D eigenvalue weighted by Crippen LogP contribution is -2.31. The molecule has 0 bridgehead atoms. The van der Waals surface area contributed by atoms with Crippen LogP contribution in [0.2, 0.25) is 0 Å². The fourth-order valence-corrected chi connectivity index (χ4v) is 2.97. The van der Waals surface area contributed by atoms with Gasteiger partial charge in [0.25, 0.3) is 0 Å². The second-order valence-corrected chi connectivity index (χ2v) is 5.45. The number of benzene rings is 2. The molecule has 0 aliphatic carbocycles. The number of fused-ring (bicyclic) bond motifs is 1. The molecular formula is C18H23ClN2O. The zero-order valence-electron chi connectivity index (χ0n) is 13.1. The van der Waals surface area contributed by atoms with E-state index in [0.717, 1.165) is 25.4 Å². The van der Waals surface area contributed by atoms with Gasteiger partial charge in [-0.1, -0.05) is 30.3 Å². The highest BCUT2D eigenvalue weighted by Crippen LogP contribution is 2.31. The largest absolute Gasteiger partial charge is 0.497 e. The van der Waals surface area contributed by atoms with E-state index in [1.165, 1.54) is 16.8 Å². The molecule has 0 fully saturated rings. The number of nitrogens with one attached hydrogen (secondary N) is 1. The maximum absolute atomic E-state index is 5.36. The van der Waals surface area contributed by atoms with Gasteiger partial charge < -0.3 is 15.0 Å². The highest BCUT2D eigenvalue weighted by Gasteiger charge is 2.20. The Kier molecular flexibility index (Phi) is 5.69. The molecule has 0 saturated carbocycles. The van der Waals surface area contributed by atoms with Gasteiger partial charge in [-0.25, -0.2) is 0 Å². The van der Waals surface area contributed by atoms with Crippen molar-refractivity contribution in [2.75, 3.05) is 25.1 Å². The topological polar surface area (TPSA) is 24.5 Å². The summed E-state index contributed by atoms with van der Waals surface area (Å²) in [4.78, 5) is 2.48. The van der Waals surface area contributed by atoms with Gasteiger partial charge in [-0.15, -0.1) is 12.4 Å². The van der Waals surface area contributed by atoms with Crippen LogP contribution in [-0.2, 0) is 6.54 Å². The van der Waals surface area contributed by atoms with Gasteiger partial charge >= 0.3 is 0 Å². The molecule has 1 heterocycles. The van der Waals surface area contributed by atoms with Crippen molar-refractivity contribution in [1.29, 1.82) is 0 Å². The van der Waals surface area contributed by atoms with Gasteiger partial charge in [-0.3, -0.25) is 0 Å². The number of hydrogen-bond donors (Lipinski definition) is 1. The Bertz CT molecular complexity index is 618. The van der Waals surface area contributed by atoms with E-state index < -0.39 is 0 Å². The summed E-state index contributed by atoms with van der Waals surface area (Å²) in [6.45, 7) is 5.22. The molecule has 22 heavy (non-hydrogen) atoms. The summed E-state index contributed by atoms with van der Waals surface area (Å²) < 4.78 is 5.36. The van der Waals surface area contributed by atoms with E-state index in [4.69, 9.17) is 4.74 Å². The van der Waals surface area contributed by atoms with Crippen LogP contribution in [0.5, 0.6) is 5.75 Å². The molecular weight excluding hydrogens is 296 g/mol. The first-order valence-electron chi connectivity index (χ1n) is 7.49. The lowest BCUT2D eigenvalue weighted by Gasteiger charge is -2.31. The second-order valence-electron chi connectivity index (χ2n) is 5.45. The zero-order valence-corrected chi connectivity index (χ0v) is 13.9. The quantitative estimate of drug-likeness (QED) is 0.932. The van der Waals surface area contributed by atoms with Crippen LogP contribution in [0, 0.1) is 0 Å². The molecule has 4 heteroatoms. The first-order chi connectivity index (χ1) is 10.3. The summed E-state index contributed by atoms with van der Waals surface area (Å²) in [5, 5.41) is 3.50. The van der Waals surface area contributed by atoms with Gasteiger partial charge in [0.2, 0.25) is 0 Å². The number of para-hydroxylation sites is 1. The first-order valence-corrected chi connectivity index (χ1v) is 7.49. The molecule has 1 atom stereocenters. The molecule has 2 aromatic carbocycles. The van der Waals surface area contributed by atoms with Crippen molar-refractivity contribution in [3.05, 3.63) is 59.7 Å². The first kappa shape index (κ1) is 16.7. The van der Waals surface area contributed by atoms with Gasteiger partial charge in [-0.05, 0) is 36.2 Å². The Balaban J connectivity index is 0.00000176. The van der Waals surface area contributed by atoms with Crippen molar-refractivity contribution >= 4 is 18.1 Å². The molecule has 1 unspecified atom stereocenters. The summed E-state index contributed by atoms with van der Waals surface area (Å²) in [6, 6.07) is 17.3. The molecule has 3 nitrogen and oxygen atoms in total. The van der Waals surface area contributed by atoms with E-state index in [9.17, 15) is 0 Å². The number of nitrogens with zero attached hydrogens (tertiary/aromatic N) is 1. The lowest BCUT2D eigenvalue weighted by atomic mass is 10.0. The van der Waals surface area contributed by atoms with Crippen molar-refractivity contribution in [2.45, 2.75) is 19.5 Å². The van der Waals surface area contributed by atoms with Gasteiger partial charge in [0.1, 0.15) is 5.75 Å². The third-order valence-electron chi connectivity index (χ3n) is 4.19. The molecule has 0 spiro atoms. The van der Waals surface area contributed by atoms with Crippen LogP contribution in [0.3, 0.4) is 0 Å². The Morgan fingerprint density at radius 1 is 1.14 bits per heavy atom. The smallest absolute Gasteiger partial charge is 0.119 e. The summed E-state index contributed by atoms with van der Waals surface area (Å²) in [5.41, 5.74) is 3.98. The van der Waals surface area contributed by atoms with Crippen molar-refractivity contribution in [2.24, 2.45) is 0 Å². The fourth-order valence-electron chi connectivity index (χ4n) is 2.97. The zero-order chi connectivity index (χ0) is 14.7. The molecule has 1 N–H and O–H groups in total. The number of halogens is 1. The van der Waals surface area contributed by atoms with Crippen molar-refractivity contribution in [3.63, 3.8) is 0 Å². The van der Waals surface area contributed by atoms with Crippen molar-refractivity contribution in [1.82, 2.24) is 5.32 Å². The van der Waals surface area contributed by atoms with Gasteiger partial charge in [-0.2, -0.15) is 0 Å². The van der Waals surface area contributed by atoms with Gasteiger partial charge in [0.05, 0.1) is 13.2 Å². The molecule has 2 aromatic rings. The summed E-state index contributed by atoms with van der Waals surface area (Å²) in [6.07, 6.45) is 0. The van der Waals surface area contributed by atoms with Crippen molar-refractivity contribution in [3.8, 4) is 5.75 Å². The van der Waals surface area contributed by atoms with E-state index in [1.807, 2.05) is 6.07 Å². The number of anilines is 1. The van der Waals surface area contributed by atoms with Crippen molar-refractivity contribution < 1.29 is 4.74 Å². The Morgan fingerprint density at radius 3 is 2.77 bits per heavy atom. The Hall–Kier alpha value is -1.71. The minimum Gasteiger partial charge on any atom is -0.497 e. The van der Waals surface area contributed by atoms with Crippen LogP contribution in [0.15, 0.2) is 48.5 Å². The molecule has 1 aliphatic rings. The summed E-state index contributed by atoms with van der Waals surface area (Å²) in [7, 11) is 1.72. The Labute approximate surface area is 138 Å². The average molecular weight is 319 g/mol. The average Bonchev–Trinajstić information content (AvgIpc) is 2.76. The predicted octanol–water partition coefficient (Wildman–Crippen LogP) is 3.79. The molecule has 1 aliphatic heterocycles. The molecule has 118 valence electrons. The lowest BCUT2D eigenvalue weighted by molar-refractivity contribution is 0.414. The molecule has 0 radical (unpaired) electrons. The summed E-state index contributed by atoms with van der Waals surface area (Å²) in [5.74, 6) is 0.917.